The number of nitrogens with one attached hydrogen (secondary N) is 1. The molecule has 2 heterocycles. The van der Waals surface area contributed by atoms with Crippen molar-refractivity contribution in [2.45, 2.75) is 52.7 Å². The molecule has 1 N–H and O–H groups in total. The van der Waals surface area contributed by atoms with Crippen molar-refractivity contribution in [2.75, 3.05) is 5.32 Å². The number of benzene rings is 1. The van der Waals surface area contributed by atoms with Crippen LogP contribution in [0.5, 0.6) is 0 Å². The Kier molecular flexibility index (Phi) is 5.77. The van der Waals surface area contributed by atoms with E-state index in [1.807, 2.05) is 38.1 Å². The van der Waals surface area contributed by atoms with Crippen molar-refractivity contribution >= 4 is 49.9 Å². The minimum atomic E-state index is -0.840. The average molecular weight is 463 g/mol. The first-order valence-corrected chi connectivity index (χ1v) is 10.6. The molecule has 0 fully saturated rings. The van der Waals surface area contributed by atoms with Gasteiger partial charge in [-0.2, -0.15) is 0 Å². The summed E-state index contributed by atoms with van der Waals surface area (Å²) < 4.78 is 6.36. The highest BCUT2D eigenvalue weighted by Gasteiger charge is 2.31. The third kappa shape index (κ3) is 4.52. The number of carbonyl (C=O) groups is 2. The van der Waals surface area contributed by atoms with E-state index in [0.717, 1.165) is 36.8 Å². The molecule has 1 aliphatic heterocycles. The largest absolute Gasteiger partial charge is 0.460 e. The van der Waals surface area contributed by atoms with Gasteiger partial charge in [0, 0.05) is 20.5 Å². The predicted molar refractivity (Wildman–Crippen MR) is 116 cm³/mol. The van der Waals surface area contributed by atoms with Crippen LogP contribution in [0.4, 0.5) is 5.00 Å². The van der Waals surface area contributed by atoms with Gasteiger partial charge < -0.3 is 10.1 Å². The van der Waals surface area contributed by atoms with Crippen LogP contribution in [-0.2, 0) is 14.3 Å². The number of amides is 1. The molecule has 3 rings (SSSR count). The number of hydrogen-bond donors (Lipinski definition) is 1. The molecular formula is C21H23BrN2O3S. The van der Waals surface area contributed by atoms with Crippen molar-refractivity contribution in [3.63, 3.8) is 0 Å². The fraction of sp³-hybridized carbons (Fsp3) is 0.381. The maximum Gasteiger partial charge on any atom is 0.309 e. The number of aryl methyl sites for hydroxylation is 1. The lowest BCUT2D eigenvalue weighted by Gasteiger charge is -2.20. The number of rotatable bonds is 3. The molecule has 1 aromatic carbocycles. The molecule has 2 aromatic rings. The van der Waals surface area contributed by atoms with E-state index in [2.05, 4.69) is 21.2 Å². The first kappa shape index (κ1) is 20.7. The van der Waals surface area contributed by atoms with E-state index in [4.69, 9.17) is 9.73 Å². The number of aliphatic imine (C=N–C) groups is 1. The van der Waals surface area contributed by atoms with Crippen molar-refractivity contribution in [1.29, 1.82) is 0 Å². The molecule has 5 nitrogen and oxygen atoms in total. The number of ether oxygens (including phenoxy) is 1. The Hall–Kier alpha value is -1.99. The molecule has 0 saturated heterocycles. The van der Waals surface area contributed by atoms with E-state index in [1.54, 1.807) is 20.8 Å². The smallest absolute Gasteiger partial charge is 0.309 e. The average Bonchev–Trinajstić information content (AvgIpc) is 2.76. The fourth-order valence-corrected chi connectivity index (χ4v) is 4.31. The quantitative estimate of drug-likeness (QED) is 0.651. The molecule has 1 unspecified atom stereocenters. The van der Waals surface area contributed by atoms with Crippen molar-refractivity contribution in [3.05, 3.63) is 50.3 Å². The maximum atomic E-state index is 12.8. The number of carbonyl (C=O) groups excluding carboxylic acids is 2. The zero-order valence-corrected chi connectivity index (χ0v) is 19.0. The zero-order valence-electron chi connectivity index (χ0n) is 16.6. The van der Waals surface area contributed by atoms with Crippen LogP contribution in [0.3, 0.4) is 0 Å². The van der Waals surface area contributed by atoms with Crippen LogP contribution < -0.4 is 5.32 Å². The number of thiophene rings is 1. The Labute approximate surface area is 177 Å². The van der Waals surface area contributed by atoms with Crippen LogP contribution in [0.25, 0.3) is 0 Å². The summed E-state index contributed by atoms with van der Waals surface area (Å²) in [6.45, 7) is 9.46. The van der Waals surface area contributed by atoms with Crippen LogP contribution in [0.1, 0.15) is 48.8 Å². The van der Waals surface area contributed by atoms with Crippen molar-refractivity contribution in [1.82, 2.24) is 0 Å². The second kappa shape index (κ2) is 7.79. The summed E-state index contributed by atoms with van der Waals surface area (Å²) in [4.78, 5) is 31.0. The molecular weight excluding hydrogens is 440 g/mol. The highest BCUT2D eigenvalue weighted by Crippen LogP contribution is 2.36. The van der Waals surface area contributed by atoms with E-state index in [1.165, 1.54) is 11.3 Å². The molecule has 0 aliphatic carbocycles. The van der Waals surface area contributed by atoms with Crippen LogP contribution in [-0.4, -0.2) is 29.2 Å². The van der Waals surface area contributed by atoms with Crippen LogP contribution in [0.2, 0.25) is 0 Å². The standard InChI is InChI=1S/C21H23BrN2O3S/c1-11-12(2)28-20-17(11)18(13-6-8-14(22)9-7-13)23-15(19(26)24-20)10-16(25)27-21(3,4)5/h6-9,15H,10H2,1-5H3,(H,24,26). The number of esters is 1. The normalized spacial score (nSPS) is 16.7. The second-order valence-corrected chi connectivity index (χ2v) is 9.91. The minimum Gasteiger partial charge on any atom is -0.460 e. The van der Waals surface area contributed by atoms with Gasteiger partial charge in [0.05, 0.1) is 12.1 Å². The SMILES string of the molecule is Cc1sc2c(c1C)C(c1ccc(Br)cc1)=NC(CC(=O)OC(C)(C)C)C(=O)N2. The van der Waals surface area contributed by atoms with Crippen molar-refractivity contribution < 1.29 is 14.3 Å². The zero-order chi connectivity index (χ0) is 20.6. The molecule has 1 atom stereocenters. The molecule has 7 heteroatoms. The topological polar surface area (TPSA) is 67.8 Å². The maximum absolute atomic E-state index is 12.8. The number of hydrogen-bond acceptors (Lipinski definition) is 5. The summed E-state index contributed by atoms with van der Waals surface area (Å²) in [6.07, 6.45) is -0.101. The number of anilines is 1. The van der Waals surface area contributed by atoms with Gasteiger partial charge in [0.2, 0.25) is 5.91 Å². The van der Waals surface area contributed by atoms with Gasteiger partial charge in [0.25, 0.3) is 0 Å². The lowest BCUT2D eigenvalue weighted by molar-refractivity contribution is -0.155. The Morgan fingerprint density at radius 2 is 1.89 bits per heavy atom. The summed E-state index contributed by atoms with van der Waals surface area (Å²) in [5, 5.41) is 3.73. The van der Waals surface area contributed by atoms with E-state index in [9.17, 15) is 9.59 Å². The summed E-state index contributed by atoms with van der Waals surface area (Å²) >= 11 is 4.98. The Morgan fingerprint density at radius 1 is 1.25 bits per heavy atom. The van der Waals surface area contributed by atoms with Gasteiger partial charge in [0.15, 0.2) is 0 Å². The molecule has 148 valence electrons. The fourth-order valence-electron chi connectivity index (χ4n) is 2.98. The third-order valence-electron chi connectivity index (χ3n) is 4.34. The highest BCUT2D eigenvalue weighted by molar-refractivity contribution is 9.10. The third-order valence-corrected chi connectivity index (χ3v) is 6.00. The van der Waals surface area contributed by atoms with E-state index < -0.39 is 17.6 Å². The monoisotopic (exact) mass is 462 g/mol. The Bertz CT molecular complexity index is 955. The number of halogens is 1. The molecule has 0 bridgehead atoms. The molecule has 1 aromatic heterocycles. The molecule has 1 amide bonds. The number of fused-ring (bicyclic) bond motifs is 1. The lowest BCUT2D eigenvalue weighted by atomic mass is 10.00. The van der Waals surface area contributed by atoms with Gasteiger partial charge >= 0.3 is 5.97 Å². The summed E-state index contributed by atoms with van der Waals surface area (Å²) in [5.74, 6) is -0.731. The van der Waals surface area contributed by atoms with Gasteiger partial charge in [-0.15, -0.1) is 11.3 Å². The van der Waals surface area contributed by atoms with Gasteiger partial charge in [-0.05, 0) is 52.3 Å². The van der Waals surface area contributed by atoms with Gasteiger partial charge in [0.1, 0.15) is 16.6 Å². The predicted octanol–water partition coefficient (Wildman–Crippen LogP) is 5.02. The molecule has 1 aliphatic rings. The first-order chi connectivity index (χ1) is 13.0. The van der Waals surface area contributed by atoms with Gasteiger partial charge in [-0.3, -0.25) is 14.6 Å². The van der Waals surface area contributed by atoms with Crippen molar-refractivity contribution in [3.8, 4) is 0 Å². The summed E-state index contributed by atoms with van der Waals surface area (Å²) in [6, 6.07) is 6.95. The van der Waals surface area contributed by atoms with Crippen LogP contribution in [0.15, 0.2) is 33.7 Å². The van der Waals surface area contributed by atoms with E-state index >= 15 is 0 Å². The van der Waals surface area contributed by atoms with Gasteiger partial charge in [-0.1, -0.05) is 28.1 Å². The molecule has 0 spiro atoms. The number of nitrogens with zero attached hydrogens (tertiary/aromatic N) is 1. The van der Waals surface area contributed by atoms with Crippen LogP contribution >= 0.6 is 27.3 Å². The van der Waals surface area contributed by atoms with Crippen molar-refractivity contribution in [2.24, 2.45) is 4.99 Å². The lowest BCUT2D eigenvalue weighted by Crippen LogP contribution is -2.31. The van der Waals surface area contributed by atoms with E-state index in [-0.39, 0.29) is 12.3 Å². The first-order valence-electron chi connectivity index (χ1n) is 9.02. The summed E-state index contributed by atoms with van der Waals surface area (Å²) in [5.41, 5.74) is 3.01. The highest BCUT2D eigenvalue weighted by atomic mass is 79.9. The molecule has 0 radical (unpaired) electrons. The Morgan fingerprint density at radius 3 is 2.50 bits per heavy atom. The molecule has 0 saturated carbocycles. The van der Waals surface area contributed by atoms with E-state index in [0.29, 0.717) is 0 Å². The van der Waals surface area contributed by atoms with Gasteiger partial charge in [-0.25, -0.2) is 0 Å². The Balaban J connectivity index is 2.06. The second-order valence-electron chi connectivity index (χ2n) is 7.77. The minimum absolute atomic E-state index is 0.101. The molecule has 28 heavy (non-hydrogen) atoms. The van der Waals surface area contributed by atoms with Crippen LogP contribution in [0, 0.1) is 13.8 Å². The summed E-state index contributed by atoms with van der Waals surface area (Å²) in [7, 11) is 0.